The summed E-state index contributed by atoms with van der Waals surface area (Å²) in [6.45, 7) is 2.20. The van der Waals surface area contributed by atoms with Gasteiger partial charge in [-0.05, 0) is 28.8 Å². The topological polar surface area (TPSA) is 33.1 Å². The lowest BCUT2D eigenvalue weighted by atomic mass is 10.4. The molecule has 0 bridgehead atoms. The summed E-state index contributed by atoms with van der Waals surface area (Å²) in [5, 5.41) is 9.94. The zero-order valence-electron chi connectivity index (χ0n) is 6.30. The Morgan fingerprint density at radius 3 is 2.82 bits per heavy atom. The summed E-state index contributed by atoms with van der Waals surface area (Å²) >= 11 is 4.86. The molecule has 62 valence electrons. The number of aliphatic hydroxyl groups excluding tert-OH is 1. The highest BCUT2D eigenvalue weighted by atomic mass is 79.9. The van der Waals surface area contributed by atoms with Crippen LogP contribution in [0.1, 0.15) is 23.2 Å². The van der Waals surface area contributed by atoms with Gasteiger partial charge < -0.3 is 5.11 Å². The number of hydrogen-bond acceptors (Lipinski definition) is 3. The van der Waals surface area contributed by atoms with Crippen LogP contribution in [0.4, 0.5) is 0 Å². The number of thiazole rings is 1. The van der Waals surface area contributed by atoms with E-state index in [4.69, 9.17) is 5.11 Å². The van der Waals surface area contributed by atoms with E-state index in [-0.39, 0.29) is 6.61 Å². The monoisotopic (exact) mass is 235 g/mol. The Balaban J connectivity index is 2.77. The van der Waals surface area contributed by atoms with E-state index in [1.165, 1.54) is 0 Å². The highest BCUT2D eigenvalue weighted by Crippen LogP contribution is 2.24. The van der Waals surface area contributed by atoms with Crippen LogP contribution in [0.5, 0.6) is 0 Å². The molecule has 1 heterocycles. The van der Waals surface area contributed by atoms with E-state index in [9.17, 15) is 0 Å². The van der Waals surface area contributed by atoms with E-state index in [1.54, 1.807) is 11.3 Å². The van der Waals surface area contributed by atoms with E-state index in [0.717, 1.165) is 27.3 Å². The van der Waals surface area contributed by atoms with Crippen molar-refractivity contribution in [3.05, 3.63) is 14.5 Å². The molecule has 1 rings (SSSR count). The van der Waals surface area contributed by atoms with Crippen LogP contribution >= 0.6 is 27.3 Å². The Labute approximate surface area is 78.4 Å². The molecule has 0 saturated heterocycles. The molecule has 0 radical (unpaired) electrons. The van der Waals surface area contributed by atoms with E-state index >= 15 is 0 Å². The van der Waals surface area contributed by atoms with Gasteiger partial charge in [-0.1, -0.05) is 6.92 Å². The van der Waals surface area contributed by atoms with E-state index in [2.05, 4.69) is 27.8 Å². The van der Waals surface area contributed by atoms with Gasteiger partial charge in [-0.3, -0.25) is 0 Å². The minimum Gasteiger partial charge on any atom is -0.391 e. The van der Waals surface area contributed by atoms with Crippen molar-refractivity contribution < 1.29 is 5.11 Å². The fourth-order valence-corrected chi connectivity index (χ4v) is 2.42. The highest BCUT2D eigenvalue weighted by molar-refractivity contribution is 9.10. The first-order valence-electron chi connectivity index (χ1n) is 3.52. The first-order chi connectivity index (χ1) is 5.27. The summed E-state index contributed by atoms with van der Waals surface area (Å²) in [5.74, 6) is 0. The molecule has 11 heavy (non-hydrogen) atoms. The number of nitrogens with zero attached hydrogens (tertiary/aromatic N) is 1. The molecule has 1 N–H and O–H groups in total. The SMILES string of the molecule is CCCc1nc(Br)c(CO)s1. The summed E-state index contributed by atoms with van der Waals surface area (Å²) in [5.41, 5.74) is 0. The molecule has 2 nitrogen and oxygen atoms in total. The quantitative estimate of drug-likeness (QED) is 0.873. The number of aromatic nitrogens is 1. The van der Waals surface area contributed by atoms with Crippen molar-refractivity contribution in [3.63, 3.8) is 0 Å². The van der Waals surface area contributed by atoms with Gasteiger partial charge in [0.15, 0.2) is 0 Å². The third-order valence-electron chi connectivity index (χ3n) is 1.30. The minimum atomic E-state index is 0.0853. The molecule has 0 aromatic carbocycles. The molecule has 1 aromatic rings. The summed E-state index contributed by atoms with van der Waals surface area (Å²) in [7, 11) is 0. The lowest BCUT2D eigenvalue weighted by Gasteiger charge is -1.85. The first kappa shape index (κ1) is 9.16. The summed E-state index contributed by atoms with van der Waals surface area (Å²) in [4.78, 5) is 5.17. The molecule has 0 saturated carbocycles. The normalized spacial score (nSPS) is 10.5. The minimum absolute atomic E-state index is 0.0853. The number of rotatable bonds is 3. The molecule has 0 aliphatic carbocycles. The van der Waals surface area contributed by atoms with Crippen LogP contribution < -0.4 is 0 Å². The Morgan fingerprint density at radius 2 is 2.36 bits per heavy atom. The zero-order valence-corrected chi connectivity index (χ0v) is 8.70. The van der Waals surface area contributed by atoms with E-state index < -0.39 is 0 Å². The predicted molar refractivity (Wildman–Crippen MR) is 49.7 cm³/mol. The van der Waals surface area contributed by atoms with Gasteiger partial charge >= 0.3 is 0 Å². The van der Waals surface area contributed by atoms with Crippen molar-refractivity contribution in [1.82, 2.24) is 4.98 Å². The molecule has 0 amide bonds. The van der Waals surface area contributed by atoms with Crippen LogP contribution in [-0.2, 0) is 13.0 Å². The molecule has 0 spiro atoms. The van der Waals surface area contributed by atoms with Crippen molar-refractivity contribution in [1.29, 1.82) is 0 Å². The highest BCUT2D eigenvalue weighted by Gasteiger charge is 2.05. The third-order valence-corrected chi connectivity index (χ3v) is 3.32. The summed E-state index contributed by atoms with van der Waals surface area (Å²) < 4.78 is 0.799. The van der Waals surface area contributed by atoms with Crippen molar-refractivity contribution >= 4 is 27.3 Å². The molecular formula is C7H10BrNOS. The maximum absolute atomic E-state index is 8.84. The molecule has 4 heteroatoms. The van der Waals surface area contributed by atoms with Crippen molar-refractivity contribution in [2.24, 2.45) is 0 Å². The van der Waals surface area contributed by atoms with Gasteiger partial charge in [-0.15, -0.1) is 11.3 Å². The summed E-state index contributed by atoms with van der Waals surface area (Å²) in [6, 6.07) is 0. The Hall–Kier alpha value is 0.0700. The number of hydrogen-bond donors (Lipinski definition) is 1. The van der Waals surface area contributed by atoms with Crippen LogP contribution in [0, 0.1) is 0 Å². The third kappa shape index (κ3) is 2.25. The van der Waals surface area contributed by atoms with Crippen LogP contribution in [0.3, 0.4) is 0 Å². The van der Waals surface area contributed by atoms with Crippen LogP contribution in [-0.4, -0.2) is 10.1 Å². The Kier molecular flexibility index (Phi) is 3.48. The predicted octanol–water partition coefficient (Wildman–Crippen LogP) is 2.35. The number of halogens is 1. The van der Waals surface area contributed by atoms with Crippen LogP contribution in [0.15, 0.2) is 4.60 Å². The molecule has 0 aliphatic rings. The second kappa shape index (κ2) is 4.18. The number of aliphatic hydroxyl groups is 1. The van der Waals surface area contributed by atoms with Gasteiger partial charge in [0, 0.05) is 0 Å². The largest absolute Gasteiger partial charge is 0.391 e. The Morgan fingerprint density at radius 1 is 1.64 bits per heavy atom. The second-order valence-electron chi connectivity index (χ2n) is 2.23. The van der Waals surface area contributed by atoms with Gasteiger partial charge in [-0.25, -0.2) is 4.98 Å². The van der Waals surface area contributed by atoms with Gasteiger partial charge in [0.2, 0.25) is 0 Å². The molecule has 0 fully saturated rings. The lowest BCUT2D eigenvalue weighted by Crippen LogP contribution is -1.78. The van der Waals surface area contributed by atoms with Gasteiger partial charge in [0.05, 0.1) is 16.5 Å². The standard InChI is InChI=1S/C7H10BrNOS/c1-2-3-6-9-7(8)5(4-10)11-6/h10H,2-4H2,1H3. The fourth-order valence-electron chi connectivity index (χ4n) is 0.797. The smallest absolute Gasteiger partial charge is 0.122 e. The molecule has 1 aromatic heterocycles. The van der Waals surface area contributed by atoms with Crippen molar-refractivity contribution in [2.45, 2.75) is 26.4 Å². The number of aryl methyl sites for hydroxylation is 1. The maximum Gasteiger partial charge on any atom is 0.122 e. The van der Waals surface area contributed by atoms with Crippen molar-refractivity contribution in [2.75, 3.05) is 0 Å². The zero-order chi connectivity index (χ0) is 8.27. The van der Waals surface area contributed by atoms with Gasteiger partial charge in [0.1, 0.15) is 4.60 Å². The maximum atomic E-state index is 8.84. The average Bonchev–Trinajstić information content (AvgIpc) is 2.32. The van der Waals surface area contributed by atoms with E-state index in [1.807, 2.05) is 0 Å². The molecule has 0 unspecified atom stereocenters. The molecule has 0 aliphatic heterocycles. The summed E-state index contributed by atoms with van der Waals surface area (Å²) in [6.07, 6.45) is 2.11. The van der Waals surface area contributed by atoms with Crippen LogP contribution in [0.2, 0.25) is 0 Å². The molecule has 0 atom stereocenters. The second-order valence-corrected chi connectivity index (χ2v) is 4.15. The Bertz CT molecular complexity index is 236. The first-order valence-corrected chi connectivity index (χ1v) is 5.13. The molecular weight excluding hydrogens is 226 g/mol. The van der Waals surface area contributed by atoms with Crippen LogP contribution in [0.25, 0.3) is 0 Å². The van der Waals surface area contributed by atoms with E-state index in [0.29, 0.717) is 0 Å². The lowest BCUT2D eigenvalue weighted by molar-refractivity contribution is 0.284. The average molecular weight is 236 g/mol. The van der Waals surface area contributed by atoms with Gasteiger partial charge in [0.25, 0.3) is 0 Å². The fraction of sp³-hybridized carbons (Fsp3) is 0.571. The van der Waals surface area contributed by atoms with Gasteiger partial charge in [-0.2, -0.15) is 0 Å². The van der Waals surface area contributed by atoms with Crippen molar-refractivity contribution in [3.8, 4) is 0 Å².